The number of benzene rings is 4. The number of aliphatic hydroxyl groups excluding tert-OH is 1. The largest absolute Gasteiger partial charge is 0.497 e. The third-order valence-corrected chi connectivity index (χ3v) is 7.18. The van der Waals surface area contributed by atoms with Gasteiger partial charge in [0.25, 0.3) is 5.91 Å². The van der Waals surface area contributed by atoms with Crippen molar-refractivity contribution in [2.75, 3.05) is 20.3 Å². The number of methoxy groups -OCH3 is 1. The highest BCUT2D eigenvalue weighted by atomic mass is 19.1. The summed E-state index contributed by atoms with van der Waals surface area (Å²) in [6.07, 6.45) is -0.0510. The van der Waals surface area contributed by atoms with Crippen molar-refractivity contribution in [3.63, 3.8) is 0 Å². The van der Waals surface area contributed by atoms with Crippen LogP contribution in [0.5, 0.6) is 11.5 Å². The maximum absolute atomic E-state index is 14.3. The van der Waals surface area contributed by atoms with Gasteiger partial charge in [-0.3, -0.25) is 10.2 Å². The Hall–Kier alpha value is -4.73. The van der Waals surface area contributed by atoms with Crippen molar-refractivity contribution in [2.45, 2.75) is 31.0 Å². The Kier molecular flexibility index (Phi) is 9.66. The summed E-state index contributed by atoms with van der Waals surface area (Å²) in [5, 5.41) is 9.03. The zero-order chi connectivity index (χ0) is 30.1. The van der Waals surface area contributed by atoms with Gasteiger partial charge in [-0.2, -0.15) is 0 Å². The standard InChI is InChI=1S/C34H34FN3O5/c1-41-29-13-7-12-26(21-29)31-34(22-24-9-3-2-4-10-24,33(40)38-36-23-27-11-5-6-14-30(27)35)37-32(43-31)25-15-17-28(18-16-25)42-20-8-19-39/h2-7,9-18,21,31,36,39H,8,19-20,22-23H2,1H3,(H,38,40)/t31-,34-/m0/s1. The van der Waals surface area contributed by atoms with Crippen molar-refractivity contribution >= 4 is 11.8 Å². The molecule has 8 nitrogen and oxygen atoms in total. The molecule has 0 unspecified atom stereocenters. The summed E-state index contributed by atoms with van der Waals surface area (Å²) in [7, 11) is 1.58. The fraction of sp³-hybridized carbons (Fsp3) is 0.235. The molecule has 0 fully saturated rings. The van der Waals surface area contributed by atoms with Gasteiger partial charge in [0.15, 0.2) is 11.6 Å². The predicted molar refractivity (Wildman–Crippen MR) is 161 cm³/mol. The van der Waals surface area contributed by atoms with Crippen molar-refractivity contribution in [3.8, 4) is 11.5 Å². The van der Waals surface area contributed by atoms with Crippen LogP contribution in [-0.2, 0) is 22.5 Å². The second-order valence-corrected chi connectivity index (χ2v) is 10.1. The van der Waals surface area contributed by atoms with Crippen LogP contribution in [0.25, 0.3) is 0 Å². The van der Waals surface area contributed by atoms with Crippen molar-refractivity contribution < 1.29 is 28.5 Å². The number of hydrogen-bond donors (Lipinski definition) is 3. The Morgan fingerprint density at radius 3 is 2.49 bits per heavy atom. The second kappa shape index (κ2) is 14.0. The maximum Gasteiger partial charge on any atom is 0.266 e. The van der Waals surface area contributed by atoms with E-state index in [1.165, 1.54) is 6.07 Å². The van der Waals surface area contributed by atoms with Crippen LogP contribution in [0.3, 0.4) is 0 Å². The number of ether oxygens (including phenoxy) is 3. The molecular formula is C34H34FN3O5. The van der Waals surface area contributed by atoms with E-state index in [2.05, 4.69) is 10.9 Å². The van der Waals surface area contributed by atoms with Crippen molar-refractivity contribution in [3.05, 3.63) is 131 Å². The lowest BCUT2D eigenvalue weighted by Gasteiger charge is -2.31. The predicted octanol–water partition coefficient (Wildman–Crippen LogP) is 4.92. The van der Waals surface area contributed by atoms with Gasteiger partial charge in [-0.25, -0.2) is 14.8 Å². The first kappa shape index (κ1) is 29.8. The Bertz CT molecular complexity index is 1550. The van der Waals surface area contributed by atoms with Crippen LogP contribution >= 0.6 is 0 Å². The molecular weight excluding hydrogens is 549 g/mol. The summed E-state index contributed by atoms with van der Waals surface area (Å²) in [5.74, 6) is 0.761. The van der Waals surface area contributed by atoms with E-state index in [9.17, 15) is 9.18 Å². The summed E-state index contributed by atoms with van der Waals surface area (Å²) in [4.78, 5) is 19.2. The minimum absolute atomic E-state index is 0.0507. The lowest BCUT2D eigenvalue weighted by Crippen LogP contribution is -2.53. The van der Waals surface area contributed by atoms with E-state index in [1.807, 2.05) is 66.7 Å². The van der Waals surface area contributed by atoms with Gasteiger partial charge in [0.2, 0.25) is 5.90 Å². The van der Waals surface area contributed by atoms with Gasteiger partial charge in [-0.05, 0) is 53.6 Å². The van der Waals surface area contributed by atoms with E-state index < -0.39 is 17.6 Å². The average molecular weight is 584 g/mol. The maximum atomic E-state index is 14.3. The summed E-state index contributed by atoms with van der Waals surface area (Å²) in [6.45, 7) is 0.527. The second-order valence-electron chi connectivity index (χ2n) is 10.1. The fourth-order valence-electron chi connectivity index (χ4n) is 4.96. The van der Waals surface area contributed by atoms with Crippen LogP contribution in [0.2, 0.25) is 0 Å². The van der Waals surface area contributed by atoms with Crippen LogP contribution in [0.15, 0.2) is 108 Å². The molecule has 0 saturated heterocycles. The monoisotopic (exact) mass is 583 g/mol. The molecule has 1 aliphatic heterocycles. The summed E-state index contributed by atoms with van der Waals surface area (Å²) >= 11 is 0. The molecule has 0 aromatic heterocycles. The third-order valence-electron chi connectivity index (χ3n) is 7.18. The van der Waals surface area contributed by atoms with E-state index >= 15 is 0 Å². The van der Waals surface area contributed by atoms with Gasteiger partial charge in [0.05, 0.1) is 13.7 Å². The highest BCUT2D eigenvalue weighted by Gasteiger charge is 2.53. The number of rotatable bonds is 13. The van der Waals surface area contributed by atoms with Crippen molar-refractivity contribution in [1.82, 2.24) is 10.9 Å². The average Bonchev–Trinajstić information content (AvgIpc) is 3.43. The molecule has 9 heteroatoms. The zero-order valence-electron chi connectivity index (χ0n) is 23.8. The minimum atomic E-state index is -1.43. The molecule has 0 aliphatic carbocycles. The third kappa shape index (κ3) is 7.02. The molecule has 222 valence electrons. The molecule has 0 saturated carbocycles. The molecule has 1 aliphatic rings. The number of aliphatic hydroxyl groups is 1. The van der Waals surface area contributed by atoms with E-state index in [4.69, 9.17) is 24.3 Å². The number of hydrogen-bond acceptors (Lipinski definition) is 7. The van der Waals surface area contributed by atoms with Crippen LogP contribution in [0.1, 0.15) is 34.8 Å². The van der Waals surface area contributed by atoms with Crippen LogP contribution < -0.4 is 20.3 Å². The molecule has 1 amide bonds. The number of hydrazine groups is 1. The highest BCUT2D eigenvalue weighted by molar-refractivity contribution is 6.01. The molecule has 5 rings (SSSR count). The van der Waals surface area contributed by atoms with Crippen LogP contribution in [0.4, 0.5) is 4.39 Å². The quantitative estimate of drug-likeness (QED) is 0.153. The van der Waals surface area contributed by atoms with Crippen LogP contribution in [0, 0.1) is 5.82 Å². The Labute approximate surface area is 250 Å². The molecule has 4 aromatic carbocycles. The van der Waals surface area contributed by atoms with Crippen molar-refractivity contribution in [1.29, 1.82) is 0 Å². The zero-order valence-corrected chi connectivity index (χ0v) is 23.8. The highest BCUT2D eigenvalue weighted by Crippen LogP contribution is 2.43. The Morgan fingerprint density at radius 1 is 0.977 bits per heavy atom. The number of carbonyl (C=O) groups is 1. The first-order chi connectivity index (χ1) is 21.0. The normalized spacial score (nSPS) is 17.6. The van der Waals surface area contributed by atoms with Gasteiger partial charge < -0.3 is 19.3 Å². The number of amides is 1. The van der Waals surface area contributed by atoms with Gasteiger partial charge in [0, 0.05) is 37.1 Å². The molecule has 0 bridgehead atoms. The van der Waals surface area contributed by atoms with E-state index in [-0.39, 0.29) is 25.4 Å². The molecule has 0 radical (unpaired) electrons. The molecule has 1 heterocycles. The summed E-state index contributed by atoms with van der Waals surface area (Å²) < 4.78 is 32.0. The van der Waals surface area contributed by atoms with E-state index in [0.717, 1.165) is 5.56 Å². The Balaban J connectivity index is 1.52. The lowest BCUT2D eigenvalue weighted by molar-refractivity contribution is -0.130. The summed E-state index contributed by atoms with van der Waals surface area (Å²) in [5.41, 5.74) is 6.93. The number of aliphatic imine (C=N–C) groups is 1. The molecule has 3 N–H and O–H groups in total. The SMILES string of the molecule is COc1cccc([C@@H]2OC(c3ccc(OCCCO)cc3)=N[C@]2(Cc2ccccc2)C(=O)NNCc2ccccc2F)c1. The van der Waals surface area contributed by atoms with Crippen molar-refractivity contribution in [2.24, 2.45) is 4.99 Å². The summed E-state index contributed by atoms with van der Waals surface area (Å²) in [6, 6.07) is 30.6. The fourth-order valence-corrected chi connectivity index (χ4v) is 4.96. The first-order valence-electron chi connectivity index (χ1n) is 14.1. The van der Waals surface area contributed by atoms with E-state index in [1.54, 1.807) is 37.4 Å². The molecule has 43 heavy (non-hydrogen) atoms. The first-order valence-corrected chi connectivity index (χ1v) is 14.1. The van der Waals surface area contributed by atoms with Gasteiger partial charge >= 0.3 is 0 Å². The number of halogens is 1. The lowest BCUT2D eigenvalue weighted by atomic mass is 9.82. The number of carbonyl (C=O) groups excluding carboxylic acids is 1. The Morgan fingerprint density at radius 2 is 1.74 bits per heavy atom. The molecule has 2 atom stereocenters. The smallest absolute Gasteiger partial charge is 0.266 e. The minimum Gasteiger partial charge on any atom is -0.497 e. The topological polar surface area (TPSA) is 101 Å². The molecule has 0 spiro atoms. The number of nitrogens with one attached hydrogen (secondary N) is 2. The number of nitrogens with zero attached hydrogens (tertiary/aromatic N) is 1. The van der Waals surface area contributed by atoms with Crippen LogP contribution in [-0.4, -0.2) is 42.8 Å². The van der Waals surface area contributed by atoms with E-state index in [0.29, 0.717) is 47.1 Å². The van der Waals surface area contributed by atoms with Gasteiger partial charge in [0.1, 0.15) is 17.3 Å². The molecule has 4 aromatic rings. The van der Waals surface area contributed by atoms with Gasteiger partial charge in [-0.15, -0.1) is 0 Å². The van der Waals surface area contributed by atoms with Gasteiger partial charge in [-0.1, -0.05) is 60.7 Å².